The zero-order valence-electron chi connectivity index (χ0n) is 10.3. The minimum absolute atomic E-state index is 0.199. The van der Waals surface area contributed by atoms with E-state index in [4.69, 9.17) is 0 Å². The molecule has 0 aliphatic carbocycles. The first kappa shape index (κ1) is 12.2. The Balaban J connectivity index is 2.20. The molecule has 0 aliphatic rings. The number of rotatable bonds is 3. The Hall–Kier alpha value is -2.29. The molecule has 3 nitrogen and oxygen atoms in total. The van der Waals surface area contributed by atoms with Gasteiger partial charge < -0.3 is 10.6 Å². The van der Waals surface area contributed by atoms with E-state index >= 15 is 0 Å². The number of carbonyl (C=O) groups excluding carboxylic acids is 1. The molecule has 2 amide bonds. The summed E-state index contributed by atoms with van der Waals surface area (Å²) in [5.74, 6) is 0. The summed E-state index contributed by atoms with van der Waals surface area (Å²) in [5.41, 5.74) is 3.18. The molecule has 2 rings (SSSR count). The van der Waals surface area contributed by atoms with Crippen LogP contribution in [-0.2, 0) is 6.42 Å². The number of amides is 2. The number of benzene rings is 2. The average Bonchev–Trinajstić information content (AvgIpc) is 2.42. The molecule has 0 unspecified atom stereocenters. The molecule has 0 aliphatic heterocycles. The minimum Gasteiger partial charge on any atom is -0.341 e. The van der Waals surface area contributed by atoms with Gasteiger partial charge in [-0.3, -0.25) is 0 Å². The third-order valence-corrected chi connectivity index (χ3v) is 2.73. The second-order valence-electron chi connectivity index (χ2n) is 4.02. The van der Waals surface area contributed by atoms with E-state index in [0.29, 0.717) is 0 Å². The number of hydrogen-bond donors (Lipinski definition) is 2. The number of para-hydroxylation sites is 1. The Labute approximate surface area is 107 Å². The third kappa shape index (κ3) is 3.10. The van der Waals surface area contributed by atoms with Gasteiger partial charge in [0.05, 0.1) is 0 Å². The topological polar surface area (TPSA) is 41.1 Å². The summed E-state index contributed by atoms with van der Waals surface area (Å²) in [4.78, 5) is 11.4. The smallest absolute Gasteiger partial charge is 0.318 e. The maximum absolute atomic E-state index is 11.4. The Kier molecular flexibility index (Phi) is 3.97. The Morgan fingerprint density at radius 1 is 1.00 bits per heavy atom. The highest BCUT2D eigenvalue weighted by molar-refractivity contribution is 5.89. The van der Waals surface area contributed by atoms with Gasteiger partial charge >= 0.3 is 6.03 Å². The summed E-state index contributed by atoms with van der Waals surface area (Å²) in [6.45, 7) is 0. The summed E-state index contributed by atoms with van der Waals surface area (Å²) in [5, 5.41) is 5.38. The van der Waals surface area contributed by atoms with Gasteiger partial charge in [0, 0.05) is 12.7 Å². The van der Waals surface area contributed by atoms with E-state index < -0.39 is 0 Å². The number of anilines is 1. The minimum atomic E-state index is -0.199. The molecule has 18 heavy (non-hydrogen) atoms. The quantitative estimate of drug-likeness (QED) is 0.850. The lowest BCUT2D eigenvalue weighted by Gasteiger charge is -2.10. The summed E-state index contributed by atoms with van der Waals surface area (Å²) in [6, 6.07) is 17.8. The van der Waals surface area contributed by atoms with Crippen molar-refractivity contribution in [1.29, 1.82) is 0 Å². The van der Waals surface area contributed by atoms with Gasteiger partial charge in [-0.15, -0.1) is 0 Å². The predicted molar refractivity (Wildman–Crippen MR) is 73.8 cm³/mol. The Bertz CT molecular complexity index is 523. The van der Waals surface area contributed by atoms with Crippen molar-refractivity contribution >= 4 is 11.7 Å². The van der Waals surface area contributed by atoms with Gasteiger partial charge in [-0.1, -0.05) is 48.5 Å². The molecule has 3 heteroatoms. The van der Waals surface area contributed by atoms with Crippen LogP contribution in [0.2, 0.25) is 0 Å². The van der Waals surface area contributed by atoms with E-state index in [9.17, 15) is 4.79 Å². The molecule has 0 heterocycles. The van der Waals surface area contributed by atoms with Crippen molar-refractivity contribution < 1.29 is 4.79 Å². The lowest BCUT2D eigenvalue weighted by Crippen LogP contribution is -2.25. The fourth-order valence-electron chi connectivity index (χ4n) is 1.80. The Morgan fingerprint density at radius 3 is 2.39 bits per heavy atom. The lowest BCUT2D eigenvalue weighted by molar-refractivity contribution is 0.254. The van der Waals surface area contributed by atoms with Gasteiger partial charge in [-0.25, -0.2) is 4.79 Å². The largest absolute Gasteiger partial charge is 0.341 e. The van der Waals surface area contributed by atoms with Crippen molar-refractivity contribution in [2.24, 2.45) is 0 Å². The molecule has 0 spiro atoms. The van der Waals surface area contributed by atoms with E-state index in [-0.39, 0.29) is 6.03 Å². The normalized spacial score (nSPS) is 9.83. The maximum atomic E-state index is 11.4. The standard InChI is InChI=1S/C15H16N2O/c1-16-15(18)17-14-10-6-5-9-13(14)11-12-7-3-2-4-8-12/h2-10H,11H2,1H3,(H2,16,17,18). The van der Waals surface area contributed by atoms with Gasteiger partial charge in [0.1, 0.15) is 0 Å². The first-order valence-corrected chi connectivity index (χ1v) is 5.90. The number of carbonyl (C=O) groups is 1. The molecule has 0 radical (unpaired) electrons. The van der Waals surface area contributed by atoms with Crippen LogP contribution in [0, 0.1) is 0 Å². The van der Waals surface area contributed by atoms with Crippen LogP contribution in [0.15, 0.2) is 54.6 Å². The van der Waals surface area contributed by atoms with Crippen LogP contribution < -0.4 is 10.6 Å². The van der Waals surface area contributed by atoms with E-state index in [0.717, 1.165) is 17.7 Å². The second-order valence-corrected chi connectivity index (χ2v) is 4.02. The molecule has 2 aromatic carbocycles. The summed E-state index contributed by atoms with van der Waals surface area (Å²) >= 11 is 0. The van der Waals surface area contributed by atoms with E-state index in [1.165, 1.54) is 5.56 Å². The van der Waals surface area contributed by atoms with Crippen molar-refractivity contribution in [3.8, 4) is 0 Å². The maximum Gasteiger partial charge on any atom is 0.318 e. The van der Waals surface area contributed by atoms with Gasteiger partial charge in [-0.2, -0.15) is 0 Å². The Morgan fingerprint density at radius 2 is 1.67 bits per heavy atom. The van der Waals surface area contributed by atoms with Crippen LogP contribution in [0.3, 0.4) is 0 Å². The lowest BCUT2D eigenvalue weighted by atomic mass is 10.0. The first-order chi connectivity index (χ1) is 8.79. The zero-order valence-corrected chi connectivity index (χ0v) is 10.3. The SMILES string of the molecule is CNC(=O)Nc1ccccc1Cc1ccccc1. The van der Waals surface area contributed by atoms with Gasteiger partial charge in [0.2, 0.25) is 0 Å². The molecule has 0 saturated carbocycles. The van der Waals surface area contributed by atoms with Gasteiger partial charge in [-0.05, 0) is 23.6 Å². The van der Waals surface area contributed by atoms with Gasteiger partial charge in [0.15, 0.2) is 0 Å². The number of hydrogen-bond acceptors (Lipinski definition) is 1. The van der Waals surface area contributed by atoms with Crippen LogP contribution in [-0.4, -0.2) is 13.1 Å². The number of nitrogens with one attached hydrogen (secondary N) is 2. The monoisotopic (exact) mass is 240 g/mol. The van der Waals surface area contributed by atoms with Crippen LogP contribution in [0.4, 0.5) is 10.5 Å². The molecule has 0 aromatic heterocycles. The summed E-state index contributed by atoms with van der Waals surface area (Å²) in [6.07, 6.45) is 0.807. The predicted octanol–water partition coefficient (Wildman–Crippen LogP) is 3.03. The summed E-state index contributed by atoms with van der Waals surface area (Å²) in [7, 11) is 1.61. The van der Waals surface area contributed by atoms with Gasteiger partial charge in [0.25, 0.3) is 0 Å². The van der Waals surface area contributed by atoms with Crippen LogP contribution in [0.5, 0.6) is 0 Å². The first-order valence-electron chi connectivity index (χ1n) is 5.90. The molecule has 2 aromatic rings. The molecule has 0 bridgehead atoms. The highest BCUT2D eigenvalue weighted by Gasteiger charge is 2.05. The van der Waals surface area contributed by atoms with Crippen molar-refractivity contribution in [1.82, 2.24) is 5.32 Å². The average molecular weight is 240 g/mol. The third-order valence-electron chi connectivity index (χ3n) is 2.73. The fraction of sp³-hybridized carbons (Fsp3) is 0.133. The molecular formula is C15H16N2O. The molecule has 92 valence electrons. The molecular weight excluding hydrogens is 224 g/mol. The van der Waals surface area contributed by atoms with Crippen LogP contribution in [0.1, 0.15) is 11.1 Å². The van der Waals surface area contributed by atoms with E-state index in [1.54, 1.807) is 7.05 Å². The summed E-state index contributed by atoms with van der Waals surface area (Å²) < 4.78 is 0. The van der Waals surface area contributed by atoms with E-state index in [2.05, 4.69) is 22.8 Å². The molecule has 2 N–H and O–H groups in total. The van der Waals surface area contributed by atoms with Crippen molar-refractivity contribution in [2.75, 3.05) is 12.4 Å². The second kappa shape index (κ2) is 5.87. The fourth-order valence-corrected chi connectivity index (χ4v) is 1.80. The van der Waals surface area contributed by atoms with Crippen molar-refractivity contribution in [3.63, 3.8) is 0 Å². The zero-order chi connectivity index (χ0) is 12.8. The highest BCUT2D eigenvalue weighted by atomic mass is 16.2. The highest BCUT2D eigenvalue weighted by Crippen LogP contribution is 2.18. The van der Waals surface area contributed by atoms with E-state index in [1.807, 2.05) is 42.5 Å². The number of urea groups is 1. The molecule has 0 saturated heterocycles. The van der Waals surface area contributed by atoms with Crippen LogP contribution >= 0.6 is 0 Å². The molecule has 0 atom stereocenters. The van der Waals surface area contributed by atoms with Crippen LogP contribution in [0.25, 0.3) is 0 Å². The molecule has 0 fully saturated rings. The van der Waals surface area contributed by atoms with Crippen molar-refractivity contribution in [3.05, 3.63) is 65.7 Å². The van der Waals surface area contributed by atoms with Crippen molar-refractivity contribution in [2.45, 2.75) is 6.42 Å².